The lowest BCUT2D eigenvalue weighted by Gasteiger charge is -2.28. The standard InChI is InChI=1S/C16H23N3/c1-11-14-10-13(17-2)4-5-15(14)18-16(11)12-6-8-19(3)9-7-12/h4-5,10,12,17-18H,6-9H2,1-3H3. The molecule has 0 aliphatic carbocycles. The first-order valence-corrected chi connectivity index (χ1v) is 7.17. The number of nitrogens with zero attached hydrogens (tertiary/aromatic N) is 1. The summed E-state index contributed by atoms with van der Waals surface area (Å²) in [5.41, 5.74) is 5.34. The van der Waals surface area contributed by atoms with Crippen LogP contribution >= 0.6 is 0 Å². The fourth-order valence-corrected chi connectivity index (χ4v) is 3.21. The quantitative estimate of drug-likeness (QED) is 0.864. The van der Waals surface area contributed by atoms with Crippen molar-refractivity contribution < 1.29 is 0 Å². The number of nitrogens with one attached hydrogen (secondary N) is 2. The summed E-state index contributed by atoms with van der Waals surface area (Å²) in [6, 6.07) is 6.57. The second kappa shape index (κ2) is 4.89. The van der Waals surface area contributed by atoms with Gasteiger partial charge < -0.3 is 15.2 Å². The molecule has 3 heteroatoms. The summed E-state index contributed by atoms with van der Waals surface area (Å²) in [4.78, 5) is 6.08. The number of aromatic amines is 1. The van der Waals surface area contributed by atoms with Gasteiger partial charge in [-0.1, -0.05) is 0 Å². The fraction of sp³-hybridized carbons (Fsp3) is 0.500. The van der Waals surface area contributed by atoms with E-state index in [1.807, 2.05) is 7.05 Å². The van der Waals surface area contributed by atoms with E-state index in [1.54, 1.807) is 0 Å². The highest BCUT2D eigenvalue weighted by atomic mass is 15.1. The van der Waals surface area contributed by atoms with Gasteiger partial charge in [-0.25, -0.2) is 0 Å². The van der Waals surface area contributed by atoms with E-state index >= 15 is 0 Å². The van der Waals surface area contributed by atoms with Crippen LogP contribution in [-0.4, -0.2) is 37.1 Å². The molecule has 1 aromatic carbocycles. The molecule has 1 aliphatic heterocycles. The Kier molecular flexibility index (Phi) is 3.23. The lowest BCUT2D eigenvalue weighted by molar-refractivity contribution is 0.253. The monoisotopic (exact) mass is 257 g/mol. The van der Waals surface area contributed by atoms with Gasteiger partial charge in [0.2, 0.25) is 0 Å². The van der Waals surface area contributed by atoms with Gasteiger partial charge in [-0.2, -0.15) is 0 Å². The van der Waals surface area contributed by atoms with Gasteiger partial charge in [0.1, 0.15) is 0 Å². The Balaban J connectivity index is 1.98. The minimum absolute atomic E-state index is 0.696. The van der Waals surface area contributed by atoms with Gasteiger partial charge >= 0.3 is 0 Å². The fourth-order valence-electron chi connectivity index (χ4n) is 3.21. The Morgan fingerprint density at radius 2 is 2.00 bits per heavy atom. The van der Waals surface area contributed by atoms with Crippen LogP contribution in [0.25, 0.3) is 10.9 Å². The van der Waals surface area contributed by atoms with Crippen molar-refractivity contribution in [2.45, 2.75) is 25.7 Å². The Labute approximate surface area is 115 Å². The summed E-state index contributed by atoms with van der Waals surface area (Å²) in [6.45, 7) is 4.68. The van der Waals surface area contributed by atoms with Crippen molar-refractivity contribution in [1.29, 1.82) is 0 Å². The van der Waals surface area contributed by atoms with E-state index in [-0.39, 0.29) is 0 Å². The molecule has 1 aromatic heterocycles. The number of fused-ring (bicyclic) bond motifs is 1. The van der Waals surface area contributed by atoms with E-state index < -0.39 is 0 Å². The molecule has 1 fully saturated rings. The zero-order chi connectivity index (χ0) is 13.4. The number of H-pyrrole nitrogens is 1. The normalized spacial score (nSPS) is 18.1. The minimum Gasteiger partial charge on any atom is -0.388 e. The smallest absolute Gasteiger partial charge is 0.0460 e. The van der Waals surface area contributed by atoms with Crippen molar-refractivity contribution in [2.75, 3.05) is 32.5 Å². The number of rotatable bonds is 2. The van der Waals surface area contributed by atoms with Gasteiger partial charge in [-0.05, 0) is 63.7 Å². The summed E-state index contributed by atoms with van der Waals surface area (Å²) in [7, 11) is 4.19. The van der Waals surface area contributed by atoms with E-state index in [0.29, 0.717) is 5.92 Å². The average Bonchev–Trinajstić information content (AvgIpc) is 2.76. The molecule has 0 saturated carbocycles. The van der Waals surface area contributed by atoms with Crippen LogP contribution in [0, 0.1) is 6.92 Å². The van der Waals surface area contributed by atoms with Gasteiger partial charge in [0.25, 0.3) is 0 Å². The first-order chi connectivity index (χ1) is 9.19. The maximum absolute atomic E-state index is 3.65. The molecule has 102 valence electrons. The third-order valence-corrected chi connectivity index (χ3v) is 4.51. The molecule has 19 heavy (non-hydrogen) atoms. The molecule has 1 saturated heterocycles. The van der Waals surface area contributed by atoms with Crippen molar-refractivity contribution in [3.8, 4) is 0 Å². The van der Waals surface area contributed by atoms with Crippen LogP contribution in [0.3, 0.4) is 0 Å². The summed E-state index contributed by atoms with van der Waals surface area (Å²) in [5, 5.41) is 4.58. The van der Waals surface area contributed by atoms with Crippen LogP contribution in [0.5, 0.6) is 0 Å². The number of benzene rings is 1. The topological polar surface area (TPSA) is 31.1 Å². The average molecular weight is 257 g/mol. The number of aryl methyl sites for hydroxylation is 1. The maximum atomic E-state index is 3.65. The predicted octanol–water partition coefficient (Wildman–Crippen LogP) is 3.33. The highest BCUT2D eigenvalue weighted by molar-refractivity contribution is 5.87. The third kappa shape index (κ3) is 2.23. The van der Waals surface area contributed by atoms with Gasteiger partial charge in [0, 0.05) is 35.2 Å². The van der Waals surface area contributed by atoms with E-state index in [2.05, 4.69) is 47.4 Å². The van der Waals surface area contributed by atoms with Gasteiger partial charge in [-0.3, -0.25) is 0 Å². The van der Waals surface area contributed by atoms with Crippen LogP contribution in [0.4, 0.5) is 5.69 Å². The lowest BCUT2D eigenvalue weighted by Crippen LogP contribution is -2.29. The molecular weight excluding hydrogens is 234 g/mol. The Morgan fingerprint density at radius 1 is 1.26 bits per heavy atom. The summed E-state index contributed by atoms with van der Waals surface area (Å²) < 4.78 is 0. The van der Waals surface area contributed by atoms with Gasteiger partial charge in [0.05, 0.1) is 0 Å². The van der Waals surface area contributed by atoms with Gasteiger partial charge in [-0.15, -0.1) is 0 Å². The number of aromatic nitrogens is 1. The van der Waals surface area contributed by atoms with Crippen molar-refractivity contribution in [3.63, 3.8) is 0 Å². The lowest BCUT2D eigenvalue weighted by atomic mass is 9.91. The van der Waals surface area contributed by atoms with Crippen molar-refractivity contribution >= 4 is 16.6 Å². The molecule has 3 rings (SSSR count). The number of hydrogen-bond donors (Lipinski definition) is 2. The zero-order valence-electron chi connectivity index (χ0n) is 12.1. The zero-order valence-corrected chi connectivity index (χ0v) is 12.1. The molecule has 0 radical (unpaired) electrons. The predicted molar refractivity (Wildman–Crippen MR) is 82.1 cm³/mol. The Hall–Kier alpha value is -1.48. The summed E-state index contributed by atoms with van der Waals surface area (Å²) in [6.07, 6.45) is 2.53. The van der Waals surface area contributed by atoms with Gasteiger partial charge in [0.15, 0.2) is 0 Å². The molecule has 0 atom stereocenters. The molecule has 3 nitrogen and oxygen atoms in total. The van der Waals surface area contributed by atoms with E-state index in [4.69, 9.17) is 0 Å². The maximum Gasteiger partial charge on any atom is 0.0460 e. The minimum atomic E-state index is 0.696. The highest BCUT2D eigenvalue weighted by Gasteiger charge is 2.22. The molecule has 2 aromatic rings. The van der Waals surface area contributed by atoms with E-state index in [0.717, 1.165) is 0 Å². The SMILES string of the molecule is CNc1ccc2[nH]c(C3CCN(C)CC3)c(C)c2c1. The largest absolute Gasteiger partial charge is 0.388 e. The Morgan fingerprint density at radius 3 is 2.68 bits per heavy atom. The van der Waals surface area contributed by atoms with Crippen LogP contribution in [-0.2, 0) is 0 Å². The summed E-state index contributed by atoms with van der Waals surface area (Å²) >= 11 is 0. The third-order valence-electron chi connectivity index (χ3n) is 4.51. The van der Waals surface area contributed by atoms with Crippen LogP contribution in [0.2, 0.25) is 0 Å². The number of hydrogen-bond acceptors (Lipinski definition) is 2. The second-order valence-electron chi connectivity index (χ2n) is 5.75. The van der Waals surface area contributed by atoms with E-state index in [9.17, 15) is 0 Å². The van der Waals surface area contributed by atoms with E-state index in [1.165, 1.54) is 53.8 Å². The number of piperidine rings is 1. The van der Waals surface area contributed by atoms with Crippen molar-refractivity contribution in [1.82, 2.24) is 9.88 Å². The molecule has 2 heterocycles. The van der Waals surface area contributed by atoms with Crippen molar-refractivity contribution in [2.24, 2.45) is 0 Å². The van der Waals surface area contributed by atoms with Crippen molar-refractivity contribution in [3.05, 3.63) is 29.5 Å². The second-order valence-corrected chi connectivity index (χ2v) is 5.75. The van der Waals surface area contributed by atoms with Crippen LogP contribution in [0.15, 0.2) is 18.2 Å². The molecular formula is C16H23N3. The molecule has 0 amide bonds. The van der Waals surface area contributed by atoms with Crippen LogP contribution in [0.1, 0.15) is 30.0 Å². The molecule has 0 spiro atoms. The Bertz CT molecular complexity index is 577. The van der Waals surface area contributed by atoms with Crippen LogP contribution < -0.4 is 5.32 Å². The molecule has 1 aliphatic rings. The highest BCUT2D eigenvalue weighted by Crippen LogP contribution is 2.34. The summed E-state index contributed by atoms with van der Waals surface area (Å²) in [5.74, 6) is 0.696. The molecule has 0 unspecified atom stereocenters. The number of anilines is 1. The number of likely N-dealkylation sites (tertiary alicyclic amines) is 1. The molecule has 2 N–H and O–H groups in total. The first kappa shape index (κ1) is 12.5. The first-order valence-electron chi connectivity index (χ1n) is 7.17. The molecule has 0 bridgehead atoms.